The Balaban J connectivity index is 1.89. The lowest BCUT2D eigenvalue weighted by atomic mass is 9.48. The van der Waals surface area contributed by atoms with Crippen LogP contribution in [0.15, 0.2) is 35.9 Å². The van der Waals surface area contributed by atoms with Gasteiger partial charge in [0.05, 0.1) is 7.11 Å². The Bertz CT molecular complexity index is 652. The summed E-state index contributed by atoms with van der Waals surface area (Å²) in [4.78, 5) is 12.1. The molecule has 0 aliphatic heterocycles. The molecule has 1 aromatic carbocycles. The van der Waals surface area contributed by atoms with Crippen molar-refractivity contribution in [2.75, 3.05) is 7.11 Å². The molecule has 0 aromatic heterocycles. The molecule has 3 aliphatic carbocycles. The Morgan fingerprint density at radius 1 is 1.29 bits per heavy atom. The molecule has 0 radical (unpaired) electrons. The zero-order valence-corrected chi connectivity index (χ0v) is 12.6. The minimum Gasteiger partial charge on any atom is -0.508 e. The van der Waals surface area contributed by atoms with Crippen LogP contribution in [0.3, 0.4) is 0 Å². The molecule has 1 fully saturated rings. The quantitative estimate of drug-likeness (QED) is 0.922. The highest BCUT2D eigenvalue weighted by atomic mass is 16.5. The number of ketones is 1. The van der Waals surface area contributed by atoms with E-state index in [1.165, 1.54) is 0 Å². The van der Waals surface area contributed by atoms with Crippen molar-refractivity contribution in [3.05, 3.63) is 41.5 Å². The van der Waals surface area contributed by atoms with Gasteiger partial charge in [-0.1, -0.05) is 26.0 Å². The van der Waals surface area contributed by atoms with E-state index in [0.717, 1.165) is 17.6 Å². The van der Waals surface area contributed by atoms with Gasteiger partial charge in [-0.05, 0) is 41.5 Å². The molecule has 1 saturated carbocycles. The van der Waals surface area contributed by atoms with E-state index < -0.39 is 0 Å². The van der Waals surface area contributed by atoms with Crippen molar-refractivity contribution >= 4 is 11.9 Å². The van der Waals surface area contributed by atoms with Crippen LogP contribution >= 0.6 is 0 Å². The first-order chi connectivity index (χ1) is 9.93. The van der Waals surface area contributed by atoms with Crippen LogP contribution in [-0.4, -0.2) is 18.0 Å². The van der Waals surface area contributed by atoms with Crippen LogP contribution in [-0.2, 0) is 4.79 Å². The number of allylic oxidation sites excluding steroid dienone is 3. The zero-order valence-electron chi connectivity index (χ0n) is 12.6. The normalized spacial score (nSPS) is 26.4. The Morgan fingerprint density at radius 2 is 2.05 bits per heavy atom. The van der Waals surface area contributed by atoms with Crippen LogP contribution in [0.2, 0.25) is 0 Å². The average Bonchev–Trinajstić information content (AvgIpc) is 2.44. The van der Waals surface area contributed by atoms with Crippen LogP contribution in [0.5, 0.6) is 11.5 Å². The molecular formula is C18H20O3. The Morgan fingerprint density at radius 3 is 2.67 bits per heavy atom. The molecule has 3 aliphatic rings. The van der Waals surface area contributed by atoms with Crippen molar-refractivity contribution in [2.24, 2.45) is 17.3 Å². The predicted octanol–water partition coefficient (Wildman–Crippen LogP) is 3.59. The molecule has 0 spiro atoms. The van der Waals surface area contributed by atoms with Gasteiger partial charge in [0.1, 0.15) is 11.5 Å². The van der Waals surface area contributed by atoms with Gasteiger partial charge in [0.25, 0.3) is 0 Å². The van der Waals surface area contributed by atoms with E-state index in [2.05, 4.69) is 13.8 Å². The van der Waals surface area contributed by atoms with Crippen molar-refractivity contribution < 1.29 is 14.6 Å². The number of fused-ring (bicyclic) bond motifs is 1. The van der Waals surface area contributed by atoms with E-state index >= 15 is 0 Å². The third-order valence-corrected chi connectivity index (χ3v) is 4.99. The van der Waals surface area contributed by atoms with Gasteiger partial charge >= 0.3 is 0 Å². The average molecular weight is 284 g/mol. The molecule has 0 heterocycles. The highest BCUT2D eigenvalue weighted by molar-refractivity contribution is 5.96. The van der Waals surface area contributed by atoms with Crippen LogP contribution in [0.4, 0.5) is 0 Å². The number of hydrogen-bond donors (Lipinski definition) is 1. The molecule has 2 bridgehead atoms. The smallest absolute Gasteiger partial charge is 0.159 e. The minimum atomic E-state index is 0.0740. The number of phenolic OH excluding ortho intramolecular Hbond substituents is 1. The van der Waals surface area contributed by atoms with Gasteiger partial charge in [0.2, 0.25) is 0 Å². The molecule has 4 rings (SSSR count). The number of aromatic hydroxyl groups is 1. The fourth-order valence-corrected chi connectivity index (χ4v) is 3.53. The van der Waals surface area contributed by atoms with Gasteiger partial charge in [-0.25, -0.2) is 0 Å². The number of benzene rings is 1. The van der Waals surface area contributed by atoms with Crippen molar-refractivity contribution in [1.82, 2.24) is 0 Å². The molecule has 1 N–H and O–H groups in total. The highest BCUT2D eigenvalue weighted by Gasteiger charge is 2.54. The molecule has 21 heavy (non-hydrogen) atoms. The van der Waals surface area contributed by atoms with E-state index in [1.807, 2.05) is 18.2 Å². The summed E-state index contributed by atoms with van der Waals surface area (Å²) in [5.74, 6) is 1.71. The summed E-state index contributed by atoms with van der Waals surface area (Å²) in [6.07, 6.45) is 6.71. The molecule has 3 nitrogen and oxygen atoms in total. The molecule has 0 unspecified atom stereocenters. The van der Waals surface area contributed by atoms with Crippen molar-refractivity contribution in [1.29, 1.82) is 0 Å². The van der Waals surface area contributed by atoms with Gasteiger partial charge in [0, 0.05) is 17.5 Å². The predicted molar refractivity (Wildman–Crippen MR) is 82.2 cm³/mol. The SMILES string of the molecule is COc1cc(O)ccc1C=CC1=CC(=O)[C@H]2C[C@@H]1C2(C)C. The number of phenols is 1. The molecule has 0 saturated heterocycles. The molecule has 0 amide bonds. The van der Waals surface area contributed by atoms with Crippen molar-refractivity contribution in [3.63, 3.8) is 0 Å². The number of hydrogen-bond acceptors (Lipinski definition) is 3. The third-order valence-electron chi connectivity index (χ3n) is 4.99. The van der Waals surface area contributed by atoms with Gasteiger partial charge < -0.3 is 9.84 Å². The number of ether oxygens (including phenoxy) is 1. The summed E-state index contributed by atoms with van der Waals surface area (Å²) < 4.78 is 5.27. The highest BCUT2D eigenvalue weighted by Crippen LogP contribution is 2.58. The van der Waals surface area contributed by atoms with E-state index in [4.69, 9.17) is 4.74 Å². The summed E-state index contributed by atoms with van der Waals surface area (Å²) in [7, 11) is 1.58. The van der Waals surface area contributed by atoms with Crippen molar-refractivity contribution in [3.8, 4) is 11.5 Å². The standard InChI is InChI=1S/C18H20O3/c1-18(2)14-10-15(18)16(20)8-12(14)5-4-11-6-7-13(19)9-17(11)21-3/h4-9,14-15,19H,10H2,1-3H3/t14-,15+/m0/s1. The van der Waals surface area contributed by atoms with Gasteiger partial charge in [-0.3, -0.25) is 4.79 Å². The Labute approximate surface area is 124 Å². The lowest BCUT2D eigenvalue weighted by molar-refractivity contribution is -0.133. The molecular weight excluding hydrogens is 264 g/mol. The van der Waals surface area contributed by atoms with Crippen LogP contribution in [0.25, 0.3) is 6.08 Å². The topological polar surface area (TPSA) is 46.5 Å². The first-order valence-electron chi connectivity index (χ1n) is 7.24. The Hall–Kier alpha value is -2.03. The van der Waals surface area contributed by atoms with Gasteiger partial charge in [-0.2, -0.15) is 0 Å². The first kappa shape index (κ1) is 13.9. The summed E-state index contributed by atoms with van der Waals surface area (Å²) in [5.41, 5.74) is 2.07. The van der Waals surface area contributed by atoms with E-state index in [0.29, 0.717) is 11.7 Å². The molecule has 1 aromatic rings. The summed E-state index contributed by atoms with van der Waals surface area (Å²) in [6, 6.07) is 5.03. The molecule has 2 atom stereocenters. The van der Waals surface area contributed by atoms with E-state index in [1.54, 1.807) is 25.3 Å². The second kappa shape index (κ2) is 4.76. The van der Waals surface area contributed by atoms with Crippen LogP contribution in [0, 0.1) is 17.3 Å². The fourth-order valence-electron chi connectivity index (χ4n) is 3.53. The van der Waals surface area contributed by atoms with Crippen LogP contribution < -0.4 is 4.74 Å². The lowest BCUT2D eigenvalue weighted by Gasteiger charge is -2.54. The van der Waals surface area contributed by atoms with Gasteiger partial charge in [-0.15, -0.1) is 0 Å². The Kier molecular flexibility index (Phi) is 3.16. The van der Waals surface area contributed by atoms with Crippen LogP contribution in [0.1, 0.15) is 25.8 Å². The van der Waals surface area contributed by atoms with Crippen molar-refractivity contribution in [2.45, 2.75) is 20.3 Å². The maximum Gasteiger partial charge on any atom is 0.159 e. The lowest BCUT2D eigenvalue weighted by Crippen LogP contribution is -2.52. The largest absolute Gasteiger partial charge is 0.508 e. The third kappa shape index (κ3) is 2.17. The number of carbonyl (C=O) groups excluding carboxylic acids is 1. The maximum absolute atomic E-state index is 12.1. The maximum atomic E-state index is 12.1. The monoisotopic (exact) mass is 284 g/mol. The van der Waals surface area contributed by atoms with E-state index in [-0.39, 0.29) is 22.9 Å². The first-order valence-corrected chi connectivity index (χ1v) is 7.24. The zero-order chi connectivity index (χ0) is 15.2. The summed E-state index contributed by atoms with van der Waals surface area (Å²) in [6.45, 7) is 4.34. The minimum absolute atomic E-state index is 0.0740. The summed E-state index contributed by atoms with van der Waals surface area (Å²) >= 11 is 0. The van der Waals surface area contributed by atoms with E-state index in [9.17, 15) is 9.90 Å². The number of methoxy groups -OCH3 is 1. The second-order valence-corrected chi connectivity index (χ2v) is 6.47. The number of carbonyl (C=O) groups is 1. The second-order valence-electron chi connectivity index (χ2n) is 6.47. The fraction of sp³-hybridized carbons (Fsp3) is 0.389. The van der Waals surface area contributed by atoms with Gasteiger partial charge in [0.15, 0.2) is 5.78 Å². The number of rotatable bonds is 3. The summed E-state index contributed by atoms with van der Waals surface area (Å²) in [5, 5.41) is 9.48. The molecule has 110 valence electrons. The molecule has 3 heteroatoms.